The second-order valence-electron chi connectivity index (χ2n) is 2.06. The van der Waals surface area contributed by atoms with Crippen molar-refractivity contribution < 1.29 is 0 Å². The lowest BCUT2D eigenvalue weighted by Gasteiger charge is -1.89. The number of nitrogens with zero attached hydrogens (tertiary/aromatic N) is 3. The summed E-state index contributed by atoms with van der Waals surface area (Å²) in [6, 6.07) is 0. The highest BCUT2D eigenvalue weighted by Gasteiger charge is 1.98. The molecule has 62 valence electrons. The van der Waals surface area contributed by atoms with Gasteiger partial charge in [-0.2, -0.15) is 0 Å². The second kappa shape index (κ2) is 3.61. The van der Waals surface area contributed by atoms with Gasteiger partial charge >= 0.3 is 0 Å². The van der Waals surface area contributed by atoms with E-state index in [1.165, 1.54) is 6.33 Å². The lowest BCUT2D eigenvalue weighted by atomic mass is 10.4. The minimum Gasteiger partial charge on any atom is -0.342 e. The van der Waals surface area contributed by atoms with Crippen LogP contribution in [0.5, 0.6) is 0 Å². The molecule has 12 heavy (non-hydrogen) atoms. The van der Waals surface area contributed by atoms with Gasteiger partial charge < -0.3 is 4.98 Å². The fourth-order valence-electron chi connectivity index (χ4n) is 0.886. The zero-order valence-corrected chi connectivity index (χ0v) is 6.91. The van der Waals surface area contributed by atoms with E-state index in [4.69, 9.17) is 0 Å². The van der Waals surface area contributed by atoms with Crippen molar-refractivity contribution in [2.45, 2.75) is 6.92 Å². The number of aromatic amines is 1. The molecule has 0 atom stereocenters. The molecular formula is C8H10N4. The zero-order valence-electron chi connectivity index (χ0n) is 6.91. The van der Waals surface area contributed by atoms with Crippen molar-refractivity contribution >= 4 is 11.2 Å². The van der Waals surface area contributed by atoms with Crippen molar-refractivity contribution in [2.75, 3.05) is 0 Å². The molecule has 0 unspecified atom stereocenters. The second-order valence-corrected chi connectivity index (χ2v) is 2.06. The van der Waals surface area contributed by atoms with Crippen LogP contribution < -0.4 is 0 Å². The molecule has 0 aliphatic rings. The predicted molar refractivity (Wildman–Crippen MR) is 47.7 cm³/mol. The Morgan fingerprint density at radius 1 is 1.25 bits per heavy atom. The van der Waals surface area contributed by atoms with Gasteiger partial charge in [0.15, 0.2) is 5.65 Å². The lowest BCUT2D eigenvalue weighted by Crippen LogP contribution is -1.84. The van der Waals surface area contributed by atoms with Crippen LogP contribution in [-0.2, 0) is 0 Å². The summed E-state index contributed by atoms with van der Waals surface area (Å²) in [5.41, 5.74) is 2.58. The molecule has 0 spiro atoms. The normalized spacial score (nSPS) is 9.08. The summed E-state index contributed by atoms with van der Waals surface area (Å²) < 4.78 is 0. The molecular weight excluding hydrogens is 152 g/mol. The molecule has 1 N–H and O–H groups in total. The van der Waals surface area contributed by atoms with E-state index in [2.05, 4.69) is 33.1 Å². The molecule has 0 radical (unpaired) electrons. The Hall–Kier alpha value is -1.71. The zero-order chi connectivity index (χ0) is 8.97. The molecule has 0 saturated carbocycles. The number of rotatable bonds is 0. The first-order valence-electron chi connectivity index (χ1n) is 3.48. The molecule has 0 aliphatic carbocycles. The predicted octanol–water partition coefficient (Wildman–Crippen LogP) is 1.46. The maximum absolute atomic E-state index is 4.00. The van der Waals surface area contributed by atoms with Crippen molar-refractivity contribution in [1.29, 1.82) is 0 Å². The molecule has 0 amide bonds. The quantitative estimate of drug-likeness (QED) is 0.597. The smallest absolute Gasteiger partial charge is 0.180 e. The van der Waals surface area contributed by atoms with Gasteiger partial charge in [-0.25, -0.2) is 15.0 Å². The minimum atomic E-state index is 0.729. The van der Waals surface area contributed by atoms with E-state index < -0.39 is 0 Å². The van der Waals surface area contributed by atoms with Crippen LogP contribution in [0.25, 0.3) is 11.2 Å². The van der Waals surface area contributed by atoms with Crippen LogP contribution in [-0.4, -0.2) is 19.9 Å². The SMILES string of the molecule is C=C.Cc1ncnc2nc[nH]c12. The fraction of sp³-hybridized carbons (Fsp3) is 0.125. The van der Waals surface area contributed by atoms with Crippen molar-refractivity contribution in [2.24, 2.45) is 0 Å². The van der Waals surface area contributed by atoms with Crippen molar-refractivity contribution in [3.05, 3.63) is 31.5 Å². The van der Waals surface area contributed by atoms with Crippen LogP contribution in [0, 0.1) is 6.92 Å². The maximum Gasteiger partial charge on any atom is 0.180 e. The first kappa shape index (κ1) is 8.39. The molecule has 0 aromatic carbocycles. The molecule has 4 heteroatoms. The van der Waals surface area contributed by atoms with Crippen molar-refractivity contribution in [1.82, 2.24) is 19.9 Å². The fourth-order valence-corrected chi connectivity index (χ4v) is 0.886. The first-order valence-corrected chi connectivity index (χ1v) is 3.48. The number of fused-ring (bicyclic) bond motifs is 1. The van der Waals surface area contributed by atoms with Gasteiger partial charge in [-0.1, -0.05) is 0 Å². The number of aryl methyl sites for hydroxylation is 1. The van der Waals surface area contributed by atoms with Crippen LogP contribution in [0.2, 0.25) is 0 Å². The Kier molecular flexibility index (Phi) is 2.53. The molecule has 0 aliphatic heterocycles. The highest BCUT2D eigenvalue weighted by Crippen LogP contribution is 2.06. The van der Waals surface area contributed by atoms with Gasteiger partial charge in [-0.15, -0.1) is 13.2 Å². The molecule has 2 rings (SSSR count). The standard InChI is InChI=1S/C6H6N4.C2H4/c1-4-5-6(9-2-7-4)10-3-8-5;1-2/h2-3H,1H3,(H,7,8,9,10);1-2H2. The Morgan fingerprint density at radius 3 is 2.67 bits per heavy atom. The summed E-state index contributed by atoms with van der Waals surface area (Å²) in [5.74, 6) is 0. The van der Waals surface area contributed by atoms with E-state index in [1.807, 2.05) is 6.92 Å². The van der Waals surface area contributed by atoms with Gasteiger partial charge in [0.2, 0.25) is 0 Å². The van der Waals surface area contributed by atoms with Gasteiger partial charge in [-0.3, -0.25) is 0 Å². The topological polar surface area (TPSA) is 54.5 Å². The van der Waals surface area contributed by atoms with E-state index >= 15 is 0 Å². The summed E-state index contributed by atoms with van der Waals surface area (Å²) in [5, 5.41) is 0. The Balaban J connectivity index is 0.000000336. The van der Waals surface area contributed by atoms with Gasteiger partial charge in [0.1, 0.15) is 11.8 Å². The first-order chi connectivity index (χ1) is 5.88. The Labute approximate surface area is 70.4 Å². The summed E-state index contributed by atoms with van der Waals surface area (Å²) in [7, 11) is 0. The van der Waals surface area contributed by atoms with Gasteiger partial charge in [-0.05, 0) is 6.92 Å². The highest BCUT2D eigenvalue weighted by atomic mass is 15.0. The highest BCUT2D eigenvalue weighted by molar-refractivity contribution is 5.71. The van der Waals surface area contributed by atoms with Crippen LogP contribution >= 0.6 is 0 Å². The van der Waals surface area contributed by atoms with Crippen LogP contribution in [0.4, 0.5) is 0 Å². The Bertz CT molecular complexity index is 366. The largest absolute Gasteiger partial charge is 0.342 e. The average Bonchev–Trinajstić information content (AvgIpc) is 2.57. The molecule has 4 nitrogen and oxygen atoms in total. The summed E-state index contributed by atoms with van der Waals surface area (Å²) >= 11 is 0. The summed E-state index contributed by atoms with van der Waals surface area (Å²) in [4.78, 5) is 14.9. The monoisotopic (exact) mass is 162 g/mol. The number of aromatic nitrogens is 4. The lowest BCUT2D eigenvalue weighted by molar-refractivity contribution is 1.14. The molecule has 2 aromatic heterocycles. The average molecular weight is 162 g/mol. The third-order valence-electron chi connectivity index (χ3n) is 1.41. The number of H-pyrrole nitrogens is 1. The van der Waals surface area contributed by atoms with Gasteiger partial charge in [0.25, 0.3) is 0 Å². The molecule has 2 heterocycles. The van der Waals surface area contributed by atoms with E-state index in [0.717, 1.165) is 16.9 Å². The summed E-state index contributed by atoms with van der Waals surface area (Å²) in [6.45, 7) is 7.92. The summed E-state index contributed by atoms with van der Waals surface area (Å²) in [6.07, 6.45) is 3.13. The van der Waals surface area contributed by atoms with E-state index in [9.17, 15) is 0 Å². The number of nitrogens with one attached hydrogen (secondary N) is 1. The molecule has 2 aromatic rings. The molecule has 0 saturated heterocycles. The van der Waals surface area contributed by atoms with Gasteiger partial charge in [0, 0.05) is 0 Å². The maximum atomic E-state index is 4.00. The minimum absolute atomic E-state index is 0.729. The third kappa shape index (κ3) is 1.32. The molecule has 0 bridgehead atoms. The number of hydrogen-bond donors (Lipinski definition) is 1. The van der Waals surface area contributed by atoms with Gasteiger partial charge in [0.05, 0.1) is 12.0 Å². The van der Waals surface area contributed by atoms with Crippen molar-refractivity contribution in [3.8, 4) is 0 Å². The van der Waals surface area contributed by atoms with E-state index in [1.54, 1.807) is 6.33 Å². The van der Waals surface area contributed by atoms with Crippen LogP contribution in [0.15, 0.2) is 25.8 Å². The number of imidazole rings is 1. The molecule has 0 fully saturated rings. The third-order valence-corrected chi connectivity index (χ3v) is 1.41. The van der Waals surface area contributed by atoms with E-state index in [0.29, 0.717) is 0 Å². The van der Waals surface area contributed by atoms with Crippen LogP contribution in [0.3, 0.4) is 0 Å². The van der Waals surface area contributed by atoms with Crippen molar-refractivity contribution in [3.63, 3.8) is 0 Å². The van der Waals surface area contributed by atoms with E-state index in [-0.39, 0.29) is 0 Å². The van der Waals surface area contributed by atoms with Crippen LogP contribution in [0.1, 0.15) is 5.69 Å². The Morgan fingerprint density at radius 2 is 2.00 bits per heavy atom. The number of hydrogen-bond acceptors (Lipinski definition) is 3.